The highest BCUT2D eigenvalue weighted by Crippen LogP contribution is 2.37. The number of carbonyl (C=O) groups is 1. The van der Waals surface area contributed by atoms with E-state index >= 15 is 0 Å². The Balaban J connectivity index is 1.79. The highest BCUT2D eigenvalue weighted by Gasteiger charge is 2.46. The molecule has 1 amide bonds. The predicted octanol–water partition coefficient (Wildman–Crippen LogP) is 0.978. The lowest BCUT2D eigenvalue weighted by atomic mass is 9.84. The summed E-state index contributed by atoms with van der Waals surface area (Å²) in [5.41, 5.74) is 5.19. The minimum atomic E-state index is -0.473. The third kappa shape index (κ3) is 3.96. The molecule has 1 aliphatic carbocycles. The van der Waals surface area contributed by atoms with Crippen LogP contribution in [0.2, 0.25) is 0 Å². The van der Waals surface area contributed by atoms with Gasteiger partial charge in [-0.3, -0.25) is 4.79 Å². The van der Waals surface area contributed by atoms with Crippen molar-refractivity contribution in [2.75, 3.05) is 40.4 Å². The van der Waals surface area contributed by atoms with E-state index in [4.69, 9.17) is 10.5 Å². The summed E-state index contributed by atoms with van der Waals surface area (Å²) in [7, 11) is 4.06. The third-order valence-electron chi connectivity index (χ3n) is 5.48. The fraction of sp³-hybridized carbons (Fsp3) is 0.938. The molecule has 2 rings (SSSR count). The Morgan fingerprint density at radius 3 is 2.71 bits per heavy atom. The summed E-state index contributed by atoms with van der Waals surface area (Å²) in [6.45, 7) is 4.00. The monoisotopic (exact) mass is 297 g/mol. The van der Waals surface area contributed by atoms with Crippen molar-refractivity contribution in [2.24, 2.45) is 17.6 Å². The second-order valence-electron chi connectivity index (χ2n) is 6.78. The zero-order chi connectivity index (χ0) is 15.3. The van der Waals surface area contributed by atoms with Crippen molar-refractivity contribution in [2.45, 2.75) is 44.1 Å². The smallest absolute Gasteiger partial charge is 0.238 e. The van der Waals surface area contributed by atoms with Gasteiger partial charge < -0.3 is 20.7 Å². The number of ether oxygens (including phenoxy) is 1. The lowest BCUT2D eigenvalue weighted by Gasteiger charge is -2.34. The second kappa shape index (κ2) is 7.56. The molecular formula is C16H31N3O2. The number of nitrogens with one attached hydrogen (secondary N) is 1. The minimum absolute atomic E-state index is 0.181. The summed E-state index contributed by atoms with van der Waals surface area (Å²) in [6, 6.07) is 0. The minimum Gasteiger partial charge on any atom is -0.381 e. The molecule has 1 saturated carbocycles. The lowest BCUT2D eigenvalue weighted by Crippen LogP contribution is -2.56. The van der Waals surface area contributed by atoms with Crippen LogP contribution in [0.5, 0.6) is 0 Å². The molecule has 0 aromatic heterocycles. The molecule has 21 heavy (non-hydrogen) atoms. The van der Waals surface area contributed by atoms with Gasteiger partial charge in [0.1, 0.15) is 5.54 Å². The van der Waals surface area contributed by atoms with Gasteiger partial charge in [0.2, 0.25) is 5.91 Å². The number of nitrogens with zero attached hydrogens (tertiary/aromatic N) is 1. The molecular weight excluding hydrogens is 266 g/mol. The number of primary amides is 1. The summed E-state index contributed by atoms with van der Waals surface area (Å²) >= 11 is 0. The van der Waals surface area contributed by atoms with E-state index in [9.17, 15) is 4.79 Å². The quantitative estimate of drug-likeness (QED) is 0.735. The van der Waals surface area contributed by atoms with E-state index in [1.165, 1.54) is 12.8 Å². The summed E-state index contributed by atoms with van der Waals surface area (Å²) in [5, 5.41) is 3.22. The van der Waals surface area contributed by atoms with Crippen LogP contribution in [-0.4, -0.2) is 56.7 Å². The van der Waals surface area contributed by atoms with Gasteiger partial charge in [-0.2, -0.15) is 0 Å². The highest BCUT2D eigenvalue weighted by atomic mass is 16.5. The van der Waals surface area contributed by atoms with Gasteiger partial charge in [0.05, 0.1) is 0 Å². The van der Waals surface area contributed by atoms with Crippen LogP contribution in [0.25, 0.3) is 0 Å². The topological polar surface area (TPSA) is 67.6 Å². The second-order valence-corrected chi connectivity index (χ2v) is 6.78. The summed E-state index contributed by atoms with van der Waals surface area (Å²) in [6.07, 6.45) is 6.48. The first-order valence-electron chi connectivity index (χ1n) is 8.33. The summed E-state index contributed by atoms with van der Waals surface area (Å²) in [5.74, 6) is 0.953. The normalized spacial score (nSPS) is 30.9. The third-order valence-corrected chi connectivity index (χ3v) is 5.48. The van der Waals surface area contributed by atoms with E-state index in [2.05, 4.69) is 17.3 Å². The Kier molecular flexibility index (Phi) is 6.02. The summed E-state index contributed by atoms with van der Waals surface area (Å²) < 4.78 is 5.41. The number of amides is 1. The van der Waals surface area contributed by atoms with E-state index < -0.39 is 5.54 Å². The van der Waals surface area contributed by atoms with Gasteiger partial charge in [-0.15, -0.1) is 0 Å². The predicted molar refractivity (Wildman–Crippen MR) is 84.0 cm³/mol. The van der Waals surface area contributed by atoms with Gasteiger partial charge in [0.15, 0.2) is 0 Å². The van der Waals surface area contributed by atoms with Crippen molar-refractivity contribution >= 4 is 5.91 Å². The Bertz CT molecular complexity index is 344. The Hall–Kier alpha value is -0.650. The zero-order valence-electron chi connectivity index (χ0n) is 13.6. The van der Waals surface area contributed by atoms with Crippen molar-refractivity contribution in [3.8, 4) is 0 Å². The highest BCUT2D eigenvalue weighted by molar-refractivity contribution is 5.85. The van der Waals surface area contributed by atoms with Gasteiger partial charge in [-0.25, -0.2) is 0 Å². The van der Waals surface area contributed by atoms with E-state index in [-0.39, 0.29) is 5.91 Å². The fourth-order valence-electron chi connectivity index (χ4n) is 4.08. The molecule has 2 aliphatic rings. The molecule has 0 aromatic carbocycles. The lowest BCUT2D eigenvalue weighted by molar-refractivity contribution is -0.125. The summed E-state index contributed by atoms with van der Waals surface area (Å²) in [4.78, 5) is 14.3. The van der Waals surface area contributed by atoms with E-state index in [1.54, 1.807) is 0 Å². The van der Waals surface area contributed by atoms with E-state index in [0.29, 0.717) is 5.92 Å². The van der Waals surface area contributed by atoms with Gasteiger partial charge in [0.25, 0.3) is 0 Å². The molecule has 5 nitrogen and oxygen atoms in total. The molecule has 0 radical (unpaired) electrons. The SMILES string of the molecule is CNC1(C(N)=O)CCCC1CCN(C)CC1CCOCC1. The van der Waals surface area contributed by atoms with Crippen molar-refractivity contribution in [1.82, 2.24) is 10.2 Å². The molecule has 0 bridgehead atoms. The molecule has 0 spiro atoms. The van der Waals surface area contributed by atoms with Crippen LogP contribution < -0.4 is 11.1 Å². The van der Waals surface area contributed by atoms with Gasteiger partial charge >= 0.3 is 0 Å². The molecule has 122 valence electrons. The molecule has 0 aromatic rings. The number of nitrogens with two attached hydrogens (primary N) is 1. The molecule has 1 heterocycles. The number of hydrogen-bond acceptors (Lipinski definition) is 4. The van der Waals surface area contributed by atoms with Crippen LogP contribution >= 0.6 is 0 Å². The van der Waals surface area contributed by atoms with Crippen LogP contribution in [-0.2, 0) is 9.53 Å². The standard InChI is InChI=1S/C16H31N3O2/c1-18-16(15(17)20)8-3-4-14(16)5-9-19(2)12-13-6-10-21-11-7-13/h13-14,18H,3-12H2,1-2H3,(H2,17,20). The van der Waals surface area contributed by atoms with Gasteiger partial charge in [0, 0.05) is 19.8 Å². The molecule has 3 N–H and O–H groups in total. The Morgan fingerprint density at radius 2 is 2.10 bits per heavy atom. The van der Waals surface area contributed by atoms with Crippen LogP contribution in [0.3, 0.4) is 0 Å². The fourth-order valence-corrected chi connectivity index (χ4v) is 4.08. The Morgan fingerprint density at radius 1 is 1.38 bits per heavy atom. The molecule has 2 atom stereocenters. The Labute approximate surface area is 128 Å². The average molecular weight is 297 g/mol. The van der Waals surface area contributed by atoms with Gasteiger partial charge in [-0.1, -0.05) is 6.42 Å². The van der Waals surface area contributed by atoms with E-state index in [0.717, 1.165) is 57.9 Å². The first-order chi connectivity index (χ1) is 10.1. The molecule has 2 unspecified atom stereocenters. The molecule has 1 aliphatic heterocycles. The van der Waals surface area contributed by atoms with Crippen molar-refractivity contribution in [1.29, 1.82) is 0 Å². The largest absolute Gasteiger partial charge is 0.381 e. The zero-order valence-corrected chi connectivity index (χ0v) is 13.6. The van der Waals surface area contributed by atoms with Crippen LogP contribution in [0.4, 0.5) is 0 Å². The molecule has 5 heteroatoms. The molecule has 1 saturated heterocycles. The first kappa shape index (κ1) is 16.7. The van der Waals surface area contributed by atoms with Gasteiger partial charge in [-0.05, 0) is 64.6 Å². The van der Waals surface area contributed by atoms with Crippen LogP contribution in [0, 0.1) is 11.8 Å². The van der Waals surface area contributed by atoms with Crippen molar-refractivity contribution < 1.29 is 9.53 Å². The van der Waals surface area contributed by atoms with Crippen molar-refractivity contribution in [3.63, 3.8) is 0 Å². The maximum Gasteiger partial charge on any atom is 0.238 e. The maximum atomic E-state index is 11.9. The first-order valence-corrected chi connectivity index (χ1v) is 8.33. The van der Waals surface area contributed by atoms with Crippen LogP contribution in [0.15, 0.2) is 0 Å². The number of rotatable bonds is 7. The number of hydrogen-bond donors (Lipinski definition) is 2. The maximum absolute atomic E-state index is 11.9. The van der Waals surface area contributed by atoms with Crippen LogP contribution in [0.1, 0.15) is 38.5 Å². The number of likely N-dealkylation sites (N-methyl/N-ethyl adjacent to an activating group) is 1. The van der Waals surface area contributed by atoms with Crippen molar-refractivity contribution in [3.05, 3.63) is 0 Å². The molecule has 2 fully saturated rings. The number of carbonyl (C=O) groups excluding carboxylic acids is 1. The van der Waals surface area contributed by atoms with E-state index in [1.807, 2.05) is 7.05 Å². The average Bonchev–Trinajstić information content (AvgIpc) is 2.90.